The first kappa shape index (κ1) is 13.9. The summed E-state index contributed by atoms with van der Waals surface area (Å²) < 4.78 is 6.22. The van der Waals surface area contributed by atoms with E-state index in [9.17, 15) is 10.2 Å². The van der Waals surface area contributed by atoms with Crippen molar-refractivity contribution >= 4 is 0 Å². The maximum atomic E-state index is 11.9. The van der Waals surface area contributed by atoms with Crippen LogP contribution >= 0.6 is 0 Å². The topological polar surface area (TPSA) is 52.9 Å². The van der Waals surface area contributed by atoms with Crippen molar-refractivity contribution in [3.63, 3.8) is 0 Å². The molecule has 122 valence electrons. The molecule has 1 saturated carbocycles. The number of phenols is 1. The van der Waals surface area contributed by atoms with E-state index in [2.05, 4.69) is 11.5 Å². The number of aromatic hydroxyl groups is 1. The van der Waals surface area contributed by atoms with Crippen LogP contribution in [0.2, 0.25) is 0 Å². The second-order valence-corrected chi connectivity index (χ2v) is 7.60. The van der Waals surface area contributed by atoms with Crippen LogP contribution in [-0.2, 0) is 11.8 Å². The summed E-state index contributed by atoms with van der Waals surface area (Å²) in [4.78, 5) is 2.38. The Bertz CT molecular complexity index is 702. The zero-order chi connectivity index (χ0) is 15.8. The van der Waals surface area contributed by atoms with Crippen LogP contribution in [0.3, 0.4) is 0 Å². The van der Waals surface area contributed by atoms with Crippen LogP contribution in [-0.4, -0.2) is 45.9 Å². The van der Waals surface area contributed by atoms with Crippen molar-refractivity contribution in [3.05, 3.63) is 35.9 Å². The third-order valence-corrected chi connectivity index (χ3v) is 6.84. The van der Waals surface area contributed by atoms with E-state index in [0.717, 1.165) is 50.8 Å². The van der Waals surface area contributed by atoms with Gasteiger partial charge in [0.15, 0.2) is 11.5 Å². The monoisotopic (exact) mass is 313 g/mol. The molecule has 2 aliphatic carbocycles. The summed E-state index contributed by atoms with van der Waals surface area (Å²) in [5, 5.41) is 22.2. The Morgan fingerprint density at radius 3 is 3.09 bits per heavy atom. The quantitative estimate of drug-likeness (QED) is 0.821. The molecule has 2 heterocycles. The highest BCUT2D eigenvalue weighted by molar-refractivity contribution is 5.62. The van der Waals surface area contributed by atoms with Crippen molar-refractivity contribution in [1.82, 2.24) is 4.90 Å². The maximum absolute atomic E-state index is 11.9. The highest BCUT2D eigenvalue weighted by Gasteiger charge is 2.70. The minimum atomic E-state index is -0.761. The molecule has 4 unspecified atom stereocenters. The van der Waals surface area contributed by atoms with E-state index in [1.54, 1.807) is 6.07 Å². The van der Waals surface area contributed by atoms with Crippen molar-refractivity contribution in [2.75, 3.05) is 13.1 Å². The van der Waals surface area contributed by atoms with Crippen molar-refractivity contribution in [3.8, 4) is 11.5 Å². The largest absolute Gasteiger partial charge is 0.504 e. The molecular weight excluding hydrogens is 290 g/mol. The fraction of sp³-hybridized carbons (Fsp3) is 0.579. The smallest absolute Gasteiger partial charge is 0.165 e. The maximum Gasteiger partial charge on any atom is 0.165 e. The fourth-order valence-corrected chi connectivity index (χ4v) is 6.01. The van der Waals surface area contributed by atoms with E-state index in [1.165, 1.54) is 5.56 Å². The number of rotatable bonds is 2. The number of phenolic OH excluding ortho intramolecular Hbond substituents is 1. The van der Waals surface area contributed by atoms with Crippen LogP contribution in [0, 0.1) is 0 Å². The predicted molar refractivity (Wildman–Crippen MR) is 86.9 cm³/mol. The van der Waals surface area contributed by atoms with Gasteiger partial charge in [-0.3, -0.25) is 4.90 Å². The number of likely N-dealkylation sites (tertiary alicyclic amines) is 1. The van der Waals surface area contributed by atoms with Crippen LogP contribution in [0.1, 0.15) is 36.8 Å². The first-order chi connectivity index (χ1) is 11.1. The molecule has 1 spiro atoms. The van der Waals surface area contributed by atoms with Gasteiger partial charge in [0.05, 0.1) is 11.0 Å². The molecule has 2 aliphatic heterocycles. The number of piperidine rings is 1. The molecule has 23 heavy (non-hydrogen) atoms. The van der Waals surface area contributed by atoms with Crippen LogP contribution in [0.25, 0.3) is 0 Å². The first-order valence-corrected chi connectivity index (χ1v) is 8.71. The van der Waals surface area contributed by atoms with E-state index in [1.807, 2.05) is 12.1 Å². The Kier molecular flexibility index (Phi) is 2.60. The molecule has 4 atom stereocenters. The van der Waals surface area contributed by atoms with Crippen LogP contribution in [0.15, 0.2) is 24.8 Å². The second-order valence-electron chi connectivity index (χ2n) is 7.60. The number of ether oxygens (including phenoxy) is 1. The summed E-state index contributed by atoms with van der Waals surface area (Å²) >= 11 is 0. The SMILES string of the molecule is C=CCN1CCC23c4c5ccc(O)c4OC2CCCC3(O)C1C5. The lowest BCUT2D eigenvalue weighted by Gasteiger charge is -2.63. The molecule has 5 rings (SSSR count). The van der Waals surface area contributed by atoms with Crippen LogP contribution < -0.4 is 4.74 Å². The third kappa shape index (κ3) is 1.41. The molecule has 4 heteroatoms. The first-order valence-electron chi connectivity index (χ1n) is 8.71. The molecule has 4 nitrogen and oxygen atoms in total. The van der Waals surface area contributed by atoms with E-state index in [4.69, 9.17) is 4.74 Å². The summed E-state index contributed by atoms with van der Waals surface area (Å²) in [6.07, 6.45) is 6.41. The molecule has 0 aromatic heterocycles. The molecule has 0 amide bonds. The lowest BCUT2D eigenvalue weighted by Crippen LogP contribution is -2.75. The number of nitrogens with zero attached hydrogens (tertiary/aromatic N) is 1. The van der Waals surface area contributed by atoms with Gasteiger partial charge in [-0.25, -0.2) is 0 Å². The van der Waals surface area contributed by atoms with Crippen molar-refractivity contribution in [1.29, 1.82) is 0 Å². The number of benzene rings is 1. The summed E-state index contributed by atoms with van der Waals surface area (Å²) in [5.74, 6) is 0.866. The van der Waals surface area contributed by atoms with E-state index < -0.39 is 5.60 Å². The molecule has 1 aromatic carbocycles. The van der Waals surface area contributed by atoms with E-state index >= 15 is 0 Å². The lowest BCUT2D eigenvalue weighted by molar-refractivity contribution is -0.183. The van der Waals surface area contributed by atoms with Gasteiger partial charge >= 0.3 is 0 Å². The Morgan fingerprint density at radius 2 is 2.26 bits per heavy atom. The number of hydrogen-bond donors (Lipinski definition) is 2. The Labute approximate surface area is 136 Å². The summed E-state index contributed by atoms with van der Waals surface area (Å²) in [5.41, 5.74) is 1.25. The third-order valence-electron chi connectivity index (χ3n) is 6.84. The predicted octanol–water partition coefficient (Wildman–Crippen LogP) is 2.12. The molecule has 2 N–H and O–H groups in total. The van der Waals surface area contributed by atoms with Gasteiger partial charge in [-0.1, -0.05) is 12.1 Å². The number of aliphatic hydroxyl groups is 1. The minimum Gasteiger partial charge on any atom is -0.504 e. The van der Waals surface area contributed by atoms with Gasteiger partial charge in [0.1, 0.15) is 6.10 Å². The fourth-order valence-electron chi connectivity index (χ4n) is 6.01. The summed E-state index contributed by atoms with van der Waals surface area (Å²) in [6, 6.07) is 3.89. The Morgan fingerprint density at radius 1 is 1.39 bits per heavy atom. The van der Waals surface area contributed by atoms with E-state index in [0.29, 0.717) is 5.75 Å². The minimum absolute atomic E-state index is 0.00280. The van der Waals surface area contributed by atoms with Crippen LogP contribution in [0.4, 0.5) is 0 Å². The molecule has 1 saturated heterocycles. The standard InChI is InChI=1S/C19H23NO3/c1-2-9-20-10-8-18-15-4-3-7-19(18,22)14(20)11-12-5-6-13(21)17(23-15)16(12)18/h2,5-6,14-15,21-22H,1,3-4,7-11H2. The summed E-state index contributed by atoms with van der Waals surface area (Å²) in [6.45, 7) is 5.65. The van der Waals surface area contributed by atoms with E-state index in [-0.39, 0.29) is 23.3 Å². The zero-order valence-electron chi connectivity index (χ0n) is 13.3. The second kappa shape index (κ2) is 4.31. The van der Waals surface area contributed by atoms with Gasteiger partial charge in [0.25, 0.3) is 0 Å². The Hall–Kier alpha value is -1.52. The summed E-state index contributed by atoms with van der Waals surface area (Å²) in [7, 11) is 0. The molecule has 0 radical (unpaired) electrons. The zero-order valence-corrected chi connectivity index (χ0v) is 13.3. The van der Waals surface area contributed by atoms with Gasteiger partial charge in [0, 0.05) is 18.2 Å². The van der Waals surface area contributed by atoms with Gasteiger partial charge in [0.2, 0.25) is 0 Å². The van der Waals surface area contributed by atoms with Crippen molar-refractivity contribution in [2.24, 2.45) is 0 Å². The lowest BCUT2D eigenvalue weighted by atomic mass is 9.49. The van der Waals surface area contributed by atoms with Gasteiger partial charge in [-0.15, -0.1) is 6.58 Å². The molecule has 4 aliphatic rings. The molecular formula is C19H23NO3. The normalized spacial score (nSPS) is 40.4. The number of hydrogen-bond acceptors (Lipinski definition) is 4. The van der Waals surface area contributed by atoms with Gasteiger partial charge in [-0.2, -0.15) is 0 Å². The highest BCUT2D eigenvalue weighted by Crippen LogP contribution is 2.65. The molecule has 1 aromatic rings. The van der Waals surface area contributed by atoms with Crippen molar-refractivity contribution in [2.45, 2.75) is 55.3 Å². The highest BCUT2D eigenvalue weighted by atomic mass is 16.5. The Balaban J connectivity index is 1.78. The average molecular weight is 313 g/mol. The van der Waals surface area contributed by atoms with Crippen LogP contribution in [0.5, 0.6) is 11.5 Å². The molecule has 2 fully saturated rings. The average Bonchev–Trinajstić information content (AvgIpc) is 2.87. The molecule has 2 bridgehead atoms. The van der Waals surface area contributed by atoms with Crippen molar-refractivity contribution < 1.29 is 14.9 Å². The van der Waals surface area contributed by atoms with Gasteiger partial charge < -0.3 is 14.9 Å². The van der Waals surface area contributed by atoms with Gasteiger partial charge in [-0.05, 0) is 50.3 Å².